The number of aliphatic carboxylic acids is 1. The van der Waals surface area contributed by atoms with Crippen LogP contribution in [0.3, 0.4) is 0 Å². The molecule has 0 saturated carbocycles. The number of piperidine rings is 1. The first kappa shape index (κ1) is 17.4. The van der Waals surface area contributed by atoms with Crippen LogP contribution in [0, 0.1) is 5.92 Å². The molecular formula is C12H25N3O4S. The molecule has 0 radical (unpaired) electrons. The molecule has 0 amide bonds. The highest BCUT2D eigenvalue weighted by Crippen LogP contribution is 2.20. The molecular weight excluding hydrogens is 282 g/mol. The van der Waals surface area contributed by atoms with E-state index in [-0.39, 0.29) is 6.54 Å². The molecule has 0 aromatic rings. The Morgan fingerprint density at radius 3 is 2.50 bits per heavy atom. The SMILES string of the molecule is CC1CCCN(S(=O)(=O)N(CCN(C)C)CC(=O)O)C1. The lowest BCUT2D eigenvalue weighted by Crippen LogP contribution is -2.50. The molecule has 1 rings (SSSR count). The Hall–Kier alpha value is -0.700. The third kappa shape index (κ3) is 5.01. The molecule has 118 valence electrons. The van der Waals surface area contributed by atoms with Gasteiger partial charge in [0.05, 0.1) is 0 Å². The summed E-state index contributed by atoms with van der Waals surface area (Å²) < 4.78 is 27.6. The number of carboxylic acid groups (broad SMARTS) is 1. The van der Waals surface area contributed by atoms with Crippen LogP contribution in [-0.2, 0) is 15.0 Å². The van der Waals surface area contributed by atoms with Crippen molar-refractivity contribution in [3.05, 3.63) is 0 Å². The minimum Gasteiger partial charge on any atom is -0.480 e. The predicted octanol–water partition coefficient (Wildman–Crippen LogP) is -0.0887. The second-order valence-corrected chi connectivity index (χ2v) is 7.57. The summed E-state index contributed by atoms with van der Waals surface area (Å²) in [6.45, 7) is 3.16. The Morgan fingerprint density at radius 2 is 2.00 bits per heavy atom. The Balaban J connectivity index is 2.82. The van der Waals surface area contributed by atoms with Crippen molar-refractivity contribution in [2.75, 3.05) is 46.8 Å². The molecule has 0 aromatic carbocycles. The predicted molar refractivity (Wildman–Crippen MR) is 76.7 cm³/mol. The highest BCUT2D eigenvalue weighted by molar-refractivity contribution is 7.86. The van der Waals surface area contributed by atoms with Crippen molar-refractivity contribution in [3.63, 3.8) is 0 Å². The van der Waals surface area contributed by atoms with Crippen molar-refractivity contribution in [1.82, 2.24) is 13.5 Å². The fourth-order valence-corrected chi connectivity index (χ4v) is 3.97. The molecule has 20 heavy (non-hydrogen) atoms. The van der Waals surface area contributed by atoms with Crippen LogP contribution in [0.5, 0.6) is 0 Å². The van der Waals surface area contributed by atoms with Gasteiger partial charge in [-0.3, -0.25) is 4.79 Å². The zero-order valence-corrected chi connectivity index (χ0v) is 13.3. The van der Waals surface area contributed by atoms with Crippen molar-refractivity contribution in [2.24, 2.45) is 5.92 Å². The topological polar surface area (TPSA) is 81.2 Å². The molecule has 1 aliphatic heterocycles. The maximum absolute atomic E-state index is 12.5. The van der Waals surface area contributed by atoms with Crippen LogP contribution in [0.25, 0.3) is 0 Å². The molecule has 8 heteroatoms. The van der Waals surface area contributed by atoms with Crippen LogP contribution in [0.4, 0.5) is 0 Å². The first-order valence-electron chi connectivity index (χ1n) is 6.85. The van der Waals surface area contributed by atoms with E-state index in [0.29, 0.717) is 25.6 Å². The van der Waals surface area contributed by atoms with E-state index in [1.165, 1.54) is 4.31 Å². The number of hydrogen-bond acceptors (Lipinski definition) is 4. The zero-order valence-electron chi connectivity index (χ0n) is 12.4. The lowest BCUT2D eigenvalue weighted by atomic mass is 10.0. The number of nitrogens with zero attached hydrogens (tertiary/aromatic N) is 3. The summed E-state index contributed by atoms with van der Waals surface area (Å²) in [6, 6.07) is 0. The fraction of sp³-hybridized carbons (Fsp3) is 0.917. The number of carbonyl (C=O) groups is 1. The van der Waals surface area contributed by atoms with Crippen molar-refractivity contribution in [1.29, 1.82) is 0 Å². The number of hydrogen-bond donors (Lipinski definition) is 1. The maximum atomic E-state index is 12.5. The third-order valence-electron chi connectivity index (χ3n) is 3.38. The summed E-state index contributed by atoms with van der Waals surface area (Å²) in [5.74, 6) is -0.809. The number of carboxylic acids is 1. The molecule has 1 heterocycles. The molecule has 1 unspecified atom stereocenters. The van der Waals surface area contributed by atoms with Gasteiger partial charge in [0, 0.05) is 26.2 Å². The molecule has 1 aliphatic rings. The van der Waals surface area contributed by atoms with E-state index in [1.807, 2.05) is 25.9 Å². The first-order valence-corrected chi connectivity index (χ1v) is 8.25. The number of likely N-dealkylation sites (N-methyl/N-ethyl adjacent to an activating group) is 1. The minimum atomic E-state index is -3.69. The van der Waals surface area contributed by atoms with Crippen molar-refractivity contribution in [2.45, 2.75) is 19.8 Å². The van der Waals surface area contributed by atoms with Gasteiger partial charge < -0.3 is 10.0 Å². The summed E-state index contributed by atoms with van der Waals surface area (Å²) >= 11 is 0. The lowest BCUT2D eigenvalue weighted by molar-refractivity contribution is -0.137. The third-order valence-corrected chi connectivity index (χ3v) is 5.33. The van der Waals surface area contributed by atoms with Gasteiger partial charge in [-0.05, 0) is 32.9 Å². The Bertz CT molecular complexity index is 424. The van der Waals surface area contributed by atoms with Crippen molar-refractivity contribution >= 4 is 16.2 Å². The van der Waals surface area contributed by atoms with Gasteiger partial charge in [-0.1, -0.05) is 6.92 Å². The smallest absolute Gasteiger partial charge is 0.318 e. The van der Waals surface area contributed by atoms with Gasteiger partial charge in [0.2, 0.25) is 0 Å². The van der Waals surface area contributed by atoms with E-state index in [1.54, 1.807) is 0 Å². The highest BCUT2D eigenvalue weighted by atomic mass is 32.2. The van der Waals surface area contributed by atoms with E-state index in [2.05, 4.69) is 0 Å². The average molecular weight is 307 g/mol. The zero-order chi connectivity index (χ0) is 15.3. The van der Waals surface area contributed by atoms with Crippen LogP contribution in [-0.4, -0.2) is 79.8 Å². The van der Waals surface area contributed by atoms with Gasteiger partial charge in [0.15, 0.2) is 0 Å². The van der Waals surface area contributed by atoms with E-state index in [9.17, 15) is 13.2 Å². The van der Waals surface area contributed by atoms with Crippen molar-refractivity contribution < 1.29 is 18.3 Å². The molecule has 1 fully saturated rings. The quantitative estimate of drug-likeness (QED) is 0.711. The van der Waals surface area contributed by atoms with Gasteiger partial charge in [-0.2, -0.15) is 17.0 Å². The van der Waals surface area contributed by atoms with E-state index in [0.717, 1.165) is 17.1 Å². The summed E-state index contributed by atoms with van der Waals surface area (Å²) in [4.78, 5) is 12.7. The standard InChI is InChI=1S/C12H25N3O4S/c1-11-5-4-6-14(9-11)20(18,19)15(10-12(16)17)8-7-13(2)3/h11H,4-10H2,1-3H3,(H,16,17). The van der Waals surface area contributed by atoms with Crippen LogP contribution in [0.15, 0.2) is 0 Å². The molecule has 1 atom stereocenters. The lowest BCUT2D eigenvalue weighted by Gasteiger charge is -2.34. The molecule has 1 N–H and O–H groups in total. The molecule has 0 aliphatic carbocycles. The van der Waals surface area contributed by atoms with Crippen LogP contribution >= 0.6 is 0 Å². The normalized spacial score (nSPS) is 21.6. The van der Waals surface area contributed by atoms with Crippen LogP contribution in [0.1, 0.15) is 19.8 Å². The summed E-state index contributed by atoms with van der Waals surface area (Å²) in [5.41, 5.74) is 0. The van der Waals surface area contributed by atoms with E-state index in [4.69, 9.17) is 5.11 Å². The van der Waals surface area contributed by atoms with Gasteiger partial charge in [0.1, 0.15) is 6.54 Å². The highest BCUT2D eigenvalue weighted by Gasteiger charge is 2.33. The molecule has 1 saturated heterocycles. The largest absolute Gasteiger partial charge is 0.480 e. The monoisotopic (exact) mass is 307 g/mol. The second kappa shape index (κ2) is 7.35. The van der Waals surface area contributed by atoms with Gasteiger partial charge in [0.25, 0.3) is 10.2 Å². The Kier molecular flexibility index (Phi) is 6.38. The second-order valence-electron chi connectivity index (χ2n) is 5.64. The Morgan fingerprint density at radius 1 is 1.35 bits per heavy atom. The summed E-state index contributed by atoms with van der Waals surface area (Å²) in [7, 11) is -0.0328. The maximum Gasteiger partial charge on any atom is 0.318 e. The van der Waals surface area contributed by atoms with Crippen LogP contribution in [0.2, 0.25) is 0 Å². The molecule has 0 spiro atoms. The minimum absolute atomic E-state index is 0.187. The summed E-state index contributed by atoms with van der Waals surface area (Å²) in [5, 5.41) is 8.92. The first-order chi connectivity index (χ1) is 9.23. The van der Waals surface area contributed by atoms with Gasteiger partial charge in [-0.15, -0.1) is 0 Å². The summed E-state index contributed by atoms with van der Waals surface area (Å²) in [6.07, 6.45) is 1.84. The average Bonchev–Trinajstić information content (AvgIpc) is 2.33. The molecule has 7 nitrogen and oxygen atoms in total. The Labute approximate surface area is 121 Å². The van der Waals surface area contributed by atoms with Gasteiger partial charge >= 0.3 is 5.97 Å². The van der Waals surface area contributed by atoms with E-state index < -0.39 is 22.7 Å². The fourth-order valence-electron chi connectivity index (χ4n) is 2.26. The number of rotatable bonds is 7. The van der Waals surface area contributed by atoms with Crippen molar-refractivity contribution in [3.8, 4) is 0 Å². The van der Waals surface area contributed by atoms with Crippen LogP contribution < -0.4 is 0 Å². The molecule has 0 aromatic heterocycles. The van der Waals surface area contributed by atoms with E-state index >= 15 is 0 Å². The van der Waals surface area contributed by atoms with Gasteiger partial charge in [-0.25, -0.2) is 0 Å². The molecule has 0 bridgehead atoms.